The third-order valence-corrected chi connectivity index (χ3v) is 9.34. The quantitative estimate of drug-likeness (QED) is 0.356. The van der Waals surface area contributed by atoms with Crippen LogP contribution >= 0.6 is 0 Å². The number of benzene rings is 1. The van der Waals surface area contributed by atoms with Crippen molar-refractivity contribution in [2.45, 2.75) is 76.9 Å². The van der Waals surface area contributed by atoms with Crippen LogP contribution in [0.3, 0.4) is 0 Å². The van der Waals surface area contributed by atoms with E-state index >= 15 is 0 Å². The van der Waals surface area contributed by atoms with Crippen LogP contribution in [0.1, 0.15) is 47.0 Å². The number of amides is 3. The van der Waals surface area contributed by atoms with E-state index in [1.165, 1.54) is 4.90 Å². The molecule has 4 heterocycles. The number of esters is 1. The SMILES string of the molecule is CC[C@@H](CO)N1C(=O)[C@H]2[C@@H]3C(=O)O[C@@H](C)CNC(=O)CC/C=C\[C@@H]3O[C@]23C=CCN(c2ccc(N(CC)CC)cc2)C(=O)[C@H]13. The number of nitrogens with one attached hydrogen (secondary N) is 1. The molecule has 0 bridgehead atoms. The Hall–Kier alpha value is -3.70. The molecular formula is C33H44N4O7. The normalized spacial score (nSPS) is 32.0. The van der Waals surface area contributed by atoms with Crippen molar-refractivity contribution in [2.75, 3.05) is 42.6 Å². The molecule has 238 valence electrons. The van der Waals surface area contributed by atoms with Crippen molar-refractivity contribution in [1.82, 2.24) is 10.2 Å². The van der Waals surface area contributed by atoms with Gasteiger partial charge < -0.3 is 34.6 Å². The summed E-state index contributed by atoms with van der Waals surface area (Å²) in [7, 11) is 0. The fourth-order valence-corrected chi connectivity index (χ4v) is 7.07. The van der Waals surface area contributed by atoms with E-state index in [1.54, 1.807) is 30.1 Å². The summed E-state index contributed by atoms with van der Waals surface area (Å²) in [5, 5.41) is 13.1. The predicted octanol–water partition coefficient (Wildman–Crippen LogP) is 2.19. The van der Waals surface area contributed by atoms with Crippen LogP contribution < -0.4 is 15.1 Å². The van der Waals surface area contributed by atoms with Gasteiger partial charge in [0.2, 0.25) is 11.8 Å². The second kappa shape index (κ2) is 13.1. The highest BCUT2D eigenvalue weighted by atomic mass is 16.6. The van der Waals surface area contributed by atoms with Gasteiger partial charge in [-0.25, -0.2) is 0 Å². The molecule has 5 rings (SSSR count). The number of carbonyl (C=O) groups is 4. The van der Waals surface area contributed by atoms with Gasteiger partial charge in [-0.15, -0.1) is 0 Å². The molecule has 3 amide bonds. The van der Waals surface area contributed by atoms with E-state index in [9.17, 15) is 24.3 Å². The Morgan fingerprint density at radius 1 is 1.07 bits per heavy atom. The number of carbonyl (C=O) groups excluding carboxylic acids is 4. The van der Waals surface area contributed by atoms with E-state index in [-0.39, 0.29) is 37.9 Å². The Balaban J connectivity index is 1.57. The number of allylic oxidation sites excluding steroid dienone is 1. The Kier molecular flexibility index (Phi) is 9.45. The lowest BCUT2D eigenvalue weighted by molar-refractivity contribution is -0.159. The number of rotatable bonds is 7. The number of aliphatic hydroxyl groups excluding tert-OH is 1. The predicted molar refractivity (Wildman–Crippen MR) is 165 cm³/mol. The van der Waals surface area contributed by atoms with Crippen LogP contribution in [0.2, 0.25) is 0 Å². The lowest BCUT2D eigenvalue weighted by Crippen LogP contribution is -2.58. The molecule has 2 fully saturated rings. The van der Waals surface area contributed by atoms with Gasteiger partial charge in [0.1, 0.15) is 23.7 Å². The third kappa shape index (κ3) is 5.51. The highest BCUT2D eigenvalue weighted by Gasteiger charge is 2.72. The molecule has 1 aromatic carbocycles. The van der Waals surface area contributed by atoms with E-state index in [0.717, 1.165) is 18.8 Å². The van der Waals surface area contributed by atoms with Gasteiger partial charge in [0, 0.05) is 37.4 Å². The van der Waals surface area contributed by atoms with Crippen LogP contribution in [-0.4, -0.2) is 96.4 Å². The van der Waals surface area contributed by atoms with Crippen LogP contribution in [0.15, 0.2) is 48.6 Å². The molecule has 0 unspecified atom stereocenters. The molecule has 1 aromatic rings. The average molecular weight is 609 g/mol. The number of hydrogen-bond donors (Lipinski definition) is 2. The van der Waals surface area contributed by atoms with Crippen molar-refractivity contribution in [1.29, 1.82) is 0 Å². The summed E-state index contributed by atoms with van der Waals surface area (Å²) in [6, 6.07) is 6.01. The monoisotopic (exact) mass is 608 g/mol. The van der Waals surface area contributed by atoms with Crippen LogP contribution in [0, 0.1) is 11.8 Å². The second-order valence-corrected chi connectivity index (χ2v) is 11.9. The van der Waals surface area contributed by atoms with Gasteiger partial charge in [0.25, 0.3) is 5.91 Å². The number of likely N-dealkylation sites (tertiary alicyclic amines) is 1. The fraction of sp³-hybridized carbons (Fsp3) is 0.576. The van der Waals surface area contributed by atoms with Gasteiger partial charge in [0.05, 0.1) is 31.2 Å². The summed E-state index contributed by atoms with van der Waals surface area (Å²) < 4.78 is 12.5. The van der Waals surface area contributed by atoms with E-state index in [0.29, 0.717) is 18.5 Å². The minimum Gasteiger partial charge on any atom is -0.460 e. The zero-order chi connectivity index (χ0) is 31.6. The summed E-state index contributed by atoms with van der Waals surface area (Å²) in [4.78, 5) is 60.3. The van der Waals surface area contributed by atoms with Gasteiger partial charge in [-0.3, -0.25) is 19.2 Å². The van der Waals surface area contributed by atoms with Crippen molar-refractivity contribution in [2.24, 2.45) is 11.8 Å². The number of aliphatic hydroxyl groups is 1. The zero-order valence-electron chi connectivity index (χ0n) is 26.0. The standard InChI is InChI=1S/C33H44N4O7/c1-5-22(20-38)37-29-31(41)36(24-15-13-23(14-16-24)35(6-2)7-3)18-10-17-33(29)28(30(37)40)27-25(44-33)11-8-9-12-26(39)34-19-21(4)43-32(27)42/h8,10-11,13-17,21-22,25,27-29,38H,5-7,9,12,18-20H2,1-4H3,(H,34,39)/b11-8-/t21-,22-,25-,27+,28+,29-,33+/m0/s1. The largest absolute Gasteiger partial charge is 0.460 e. The summed E-state index contributed by atoms with van der Waals surface area (Å²) >= 11 is 0. The Bertz CT molecular complexity index is 1310. The van der Waals surface area contributed by atoms with E-state index in [1.807, 2.05) is 37.3 Å². The number of ether oxygens (including phenoxy) is 2. The van der Waals surface area contributed by atoms with Crippen molar-refractivity contribution in [3.05, 3.63) is 48.6 Å². The van der Waals surface area contributed by atoms with Gasteiger partial charge in [-0.05, 0) is 57.9 Å². The highest BCUT2D eigenvalue weighted by Crippen LogP contribution is 2.54. The number of anilines is 2. The van der Waals surface area contributed by atoms with Crippen molar-refractivity contribution in [3.8, 4) is 0 Å². The van der Waals surface area contributed by atoms with Gasteiger partial charge in [0.15, 0.2) is 0 Å². The molecule has 11 heteroatoms. The van der Waals surface area contributed by atoms with Gasteiger partial charge in [-0.2, -0.15) is 0 Å². The summed E-state index contributed by atoms with van der Waals surface area (Å²) in [5.74, 6) is -3.59. The van der Waals surface area contributed by atoms with Gasteiger partial charge in [-0.1, -0.05) is 31.2 Å². The van der Waals surface area contributed by atoms with Gasteiger partial charge >= 0.3 is 5.97 Å². The maximum absolute atomic E-state index is 14.6. The first-order valence-corrected chi connectivity index (χ1v) is 15.8. The molecule has 0 aromatic heterocycles. The first-order chi connectivity index (χ1) is 21.2. The molecule has 44 heavy (non-hydrogen) atoms. The molecule has 2 N–H and O–H groups in total. The number of cyclic esters (lactones) is 1. The summed E-state index contributed by atoms with van der Waals surface area (Å²) in [5.41, 5.74) is 0.264. The van der Waals surface area contributed by atoms with E-state index in [2.05, 4.69) is 24.1 Å². The van der Waals surface area contributed by atoms with E-state index in [4.69, 9.17) is 9.47 Å². The van der Waals surface area contributed by atoms with Crippen LogP contribution in [0.25, 0.3) is 0 Å². The number of nitrogens with zero attached hydrogens (tertiary/aromatic N) is 3. The average Bonchev–Trinajstić information content (AvgIpc) is 3.40. The molecule has 11 nitrogen and oxygen atoms in total. The highest BCUT2D eigenvalue weighted by molar-refractivity contribution is 6.05. The molecule has 4 aliphatic heterocycles. The smallest absolute Gasteiger partial charge is 0.313 e. The van der Waals surface area contributed by atoms with Crippen LogP contribution in [0.5, 0.6) is 0 Å². The minimum absolute atomic E-state index is 0.147. The minimum atomic E-state index is -1.46. The topological polar surface area (TPSA) is 129 Å². The lowest BCUT2D eigenvalue weighted by Gasteiger charge is -2.38. The second-order valence-electron chi connectivity index (χ2n) is 11.9. The van der Waals surface area contributed by atoms with Crippen LogP contribution in [-0.2, 0) is 28.7 Å². The molecule has 1 spiro atoms. The Morgan fingerprint density at radius 2 is 1.80 bits per heavy atom. The number of fused-ring (bicyclic) bond motifs is 2. The van der Waals surface area contributed by atoms with Crippen LogP contribution in [0.4, 0.5) is 11.4 Å². The Labute approximate surface area is 258 Å². The summed E-state index contributed by atoms with van der Waals surface area (Å²) in [6.07, 6.45) is 6.71. The molecule has 0 radical (unpaired) electrons. The fourth-order valence-electron chi connectivity index (χ4n) is 7.07. The lowest BCUT2D eigenvalue weighted by atomic mass is 9.78. The zero-order valence-corrected chi connectivity index (χ0v) is 26.0. The number of hydrogen-bond acceptors (Lipinski definition) is 8. The first kappa shape index (κ1) is 31.7. The van der Waals surface area contributed by atoms with E-state index < -0.39 is 53.6 Å². The molecule has 4 aliphatic rings. The van der Waals surface area contributed by atoms with Crippen molar-refractivity contribution >= 4 is 35.1 Å². The third-order valence-electron chi connectivity index (χ3n) is 9.34. The summed E-state index contributed by atoms with van der Waals surface area (Å²) in [6.45, 7) is 9.47. The molecule has 7 atom stereocenters. The molecule has 0 aliphatic carbocycles. The van der Waals surface area contributed by atoms with Crippen molar-refractivity contribution in [3.63, 3.8) is 0 Å². The molecule has 2 saturated heterocycles. The molecule has 0 saturated carbocycles. The molecular weight excluding hydrogens is 564 g/mol. The van der Waals surface area contributed by atoms with Crippen molar-refractivity contribution < 1.29 is 33.8 Å². The Morgan fingerprint density at radius 3 is 2.45 bits per heavy atom. The maximum Gasteiger partial charge on any atom is 0.313 e. The maximum atomic E-state index is 14.6. The first-order valence-electron chi connectivity index (χ1n) is 15.8.